The fourth-order valence-corrected chi connectivity index (χ4v) is 1.79. The molecule has 0 unspecified atom stereocenters. The molecule has 0 aliphatic heterocycles. The quantitative estimate of drug-likeness (QED) is 0.886. The first kappa shape index (κ1) is 16.2. The van der Waals surface area contributed by atoms with E-state index in [1.165, 1.54) is 5.56 Å². The molecule has 0 aromatic heterocycles. The van der Waals surface area contributed by atoms with Crippen LogP contribution in [0.2, 0.25) is 0 Å². The second-order valence-corrected chi connectivity index (χ2v) is 5.92. The molecule has 1 rings (SSSR count). The fourth-order valence-electron chi connectivity index (χ4n) is 1.79. The van der Waals surface area contributed by atoms with Gasteiger partial charge in [-0.3, -0.25) is 9.59 Å². The first-order chi connectivity index (χ1) is 9.25. The average molecular weight is 276 g/mol. The Morgan fingerprint density at radius 1 is 1.15 bits per heavy atom. The zero-order valence-electron chi connectivity index (χ0n) is 12.9. The number of benzene rings is 1. The summed E-state index contributed by atoms with van der Waals surface area (Å²) in [5, 5.41) is 5.37. The summed E-state index contributed by atoms with van der Waals surface area (Å²) in [5.41, 5.74) is 1.79. The van der Waals surface area contributed by atoms with Crippen LogP contribution < -0.4 is 10.6 Å². The predicted molar refractivity (Wildman–Crippen MR) is 80.8 cm³/mol. The minimum Gasteiger partial charge on any atom is -0.355 e. The third-order valence-corrected chi connectivity index (χ3v) is 3.11. The molecule has 0 aliphatic rings. The first-order valence-electron chi connectivity index (χ1n) is 6.94. The molecule has 1 aromatic rings. The maximum absolute atomic E-state index is 12.0. The zero-order valence-corrected chi connectivity index (χ0v) is 12.9. The Kier molecular flexibility index (Phi) is 5.31. The average Bonchev–Trinajstić information content (AvgIpc) is 2.38. The van der Waals surface area contributed by atoms with Crippen LogP contribution in [-0.2, 0) is 10.2 Å². The maximum atomic E-state index is 12.0. The molecule has 4 heteroatoms. The van der Waals surface area contributed by atoms with Crippen molar-refractivity contribution in [2.75, 3.05) is 6.54 Å². The Labute approximate surface area is 121 Å². The molecule has 2 N–H and O–H groups in total. The van der Waals surface area contributed by atoms with Gasteiger partial charge in [0.05, 0.1) is 0 Å². The normalized spacial score (nSPS) is 12.7. The van der Waals surface area contributed by atoms with Crippen LogP contribution in [0.4, 0.5) is 0 Å². The third kappa shape index (κ3) is 4.37. The summed E-state index contributed by atoms with van der Waals surface area (Å²) in [6.45, 7) is 10.4. The van der Waals surface area contributed by atoms with Crippen molar-refractivity contribution in [3.63, 3.8) is 0 Å². The molecule has 20 heavy (non-hydrogen) atoms. The van der Waals surface area contributed by atoms with Crippen LogP contribution in [0, 0.1) is 0 Å². The number of hydrogen-bond donors (Lipinski definition) is 2. The van der Waals surface area contributed by atoms with E-state index in [9.17, 15) is 9.59 Å². The molecule has 0 saturated heterocycles. The van der Waals surface area contributed by atoms with Crippen molar-refractivity contribution in [1.29, 1.82) is 0 Å². The Balaban J connectivity index is 2.71. The largest absolute Gasteiger partial charge is 0.355 e. The Hall–Kier alpha value is -1.84. The van der Waals surface area contributed by atoms with Gasteiger partial charge >= 0.3 is 0 Å². The molecule has 0 aliphatic carbocycles. The van der Waals surface area contributed by atoms with E-state index in [1.807, 2.05) is 19.1 Å². The lowest BCUT2D eigenvalue weighted by Gasteiger charge is -2.19. The van der Waals surface area contributed by atoms with Gasteiger partial charge in [0, 0.05) is 12.1 Å². The molecule has 2 amide bonds. The fraction of sp³-hybridized carbons (Fsp3) is 0.500. The van der Waals surface area contributed by atoms with Crippen LogP contribution in [0.15, 0.2) is 24.3 Å². The zero-order chi connectivity index (χ0) is 15.3. The number of rotatable bonds is 4. The Morgan fingerprint density at radius 2 is 1.70 bits per heavy atom. The topological polar surface area (TPSA) is 58.2 Å². The van der Waals surface area contributed by atoms with E-state index in [-0.39, 0.29) is 17.2 Å². The summed E-state index contributed by atoms with van der Waals surface area (Å²) in [6.07, 6.45) is 0. The van der Waals surface area contributed by atoms with Gasteiger partial charge in [-0.15, -0.1) is 0 Å². The van der Waals surface area contributed by atoms with Gasteiger partial charge in [0.25, 0.3) is 5.91 Å². The van der Waals surface area contributed by atoms with Crippen LogP contribution in [0.3, 0.4) is 0 Å². The SMILES string of the molecule is CCNC(=O)[C@@H](C)NC(=O)c1ccc(C(C)(C)C)cc1. The summed E-state index contributed by atoms with van der Waals surface area (Å²) in [5.74, 6) is -0.406. The van der Waals surface area contributed by atoms with E-state index in [2.05, 4.69) is 31.4 Å². The lowest BCUT2D eigenvalue weighted by molar-refractivity contribution is -0.122. The minimum atomic E-state index is -0.537. The van der Waals surface area contributed by atoms with Gasteiger partial charge in [-0.2, -0.15) is 0 Å². The monoisotopic (exact) mass is 276 g/mol. The van der Waals surface area contributed by atoms with Crippen molar-refractivity contribution in [2.24, 2.45) is 0 Å². The van der Waals surface area contributed by atoms with E-state index in [0.717, 1.165) is 0 Å². The lowest BCUT2D eigenvalue weighted by atomic mass is 9.86. The highest BCUT2D eigenvalue weighted by molar-refractivity contribution is 5.97. The number of carbonyl (C=O) groups excluding carboxylic acids is 2. The number of likely N-dealkylation sites (N-methyl/N-ethyl adjacent to an activating group) is 1. The van der Waals surface area contributed by atoms with Gasteiger partial charge in [-0.1, -0.05) is 32.9 Å². The molecule has 0 spiro atoms. The highest BCUT2D eigenvalue weighted by Gasteiger charge is 2.17. The molecule has 4 nitrogen and oxygen atoms in total. The minimum absolute atomic E-state index is 0.0588. The van der Waals surface area contributed by atoms with Crippen molar-refractivity contribution in [3.8, 4) is 0 Å². The van der Waals surface area contributed by atoms with E-state index >= 15 is 0 Å². The standard InChI is InChI=1S/C16H24N2O2/c1-6-17-14(19)11(2)18-15(20)12-7-9-13(10-8-12)16(3,4)5/h7-11H,6H2,1-5H3,(H,17,19)(H,18,20)/t11-/m1/s1. The van der Waals surface area contributed by atoms with Gasteiger partial charge < -0.3 is 10.6 Å². The van der Waals surface area contributed by atoms with Gasteiger partial charge in [0.2, 0.25) is 5.91 Å². The van der Waals surface area contributed by atoms with Crippen LogP contribution in [0.1, 0.15) is 50.5 Å². The molecule has 0 bridgehead atoms. The van der Waals surface area contributed by atoms with Crippen LogP contribution >= 0.6 is 0 Å². The van der Waals surface area contributed by atoms with Crippen molar-refractivity contribution >= 4 is 11.8 Å². The molecule has 110 valence electrons. The van der Waals surface area contributed by atoms with Gasteiger partial charge in [0.1, 0.15) is 6.04 Å². The number of amides is 2. The van der Waals surface area contributed by atoms with Gasteiger partial charge in [0.15, 0.2) is 0 Å². The summed E-state index contributed by atoms with van der Waals surface area (Å²) < 4.78 is 0. The first-order valence-corrected chi connectivity index (χ1v) is 6.94. The highest BCUT2D eigenvalue weighted by Crippen LogP contribution is 2.22. The van der Waals surface area contributed by atoms with E-state index in [4.69, 9.17) is 0 Å². The Morgan fingerprint density at radius 3 is 2.15 bits per heavy atom. The van der Waals surface area contributed by atoms with Crippen molar-refractivity contribution in [3.05, 3.63) is 35.4 Å². The molecule has 0 fully saturated rings. The van der Waals surface area contributed by atoms with Crippen LogP contribution in [0.5, 0.6) is 0 Å². The van der Waals surface area contributed by atoms with E-state index in [1.54, 1.807) is 19.1 Å². The molecular weight excluding hydrogens is 252 g/mol. The summed E-state index contributed by atoms with van der Waals surface area (Å²) >= 11 is 0. The summed E-state index contributed by atoms with van der Waals surface area (Å²) in [6, 6.07) is 6.95. The summed E-state index contributed by atoms with van der Waals surface area (Å²) in [4.78, 5) is 23.6. The molecule has 0 heterocycles. The van der Waals surface area contributed by atoms with Crippen molar-refractivity contribution in [2.45, 2.75) is 46.1 Å². The molecule has 0 radical (unpaired) electrons. The van der Waals surface area contributed by atoms with Crippen LogP contribution in [0.25, 0.3) is 0 Å². The summed E-state index contributed by atoms with van der Waals surface area (Å²) in [7, 11) is 0. The second-order valence-electron chi connectivity index (χ2n) is 5.92. The van der Waals surface area contributed by atoms with Gasteiger partial charge in [-0.05, 0) is 37.0 Å². The number of hydrogen-bond acceptors (Lipinski definition) is 2. The molecule has 0 saturated carbocycles. The predicted octanol–water partition coefficient (Wildman–Crippen LogP) is 2.24. The third-order valence-electron chi connectivity index (χ3n) is 3.11. The maximum Gasteiger partial charge on any atom is 0.251 e. The highest BCUT2D eigenvalue weighted by atomic mass is 16.2. The van der Waals surface area contributed by atoms with Crippen LogP contribution in [-0.4, -0.2) is 24.4 Å². The number of carbonyl (C=O) groups is 2. The van der Waals surface area contributed by atoms with E-state index in [0.29, 0.717) is 12.1 Å². The molecule has 1 aromatic carbocycles. The van der Waals surface area contributed by atoms with Gasteiger partial charge in [-0.25, -0.2) is 0 Å². The number of nitrogens with one attached hydrogen (secondary N) is 2. The Bertz CT molecular complexity index is 472. The second kappa shape index (κ2) is 6.55. The van der Waals surface area contributed by atoms with E-state index < -0.39 is 6.04 Å². The van der Waals surface area contributed by atoms with Crippen molar-refractivity contribution in [1.82, 2.24) is 10.6 Å². The smallest absolute Gasteiger partial charge is 0.251 e. The lowest BCUT2D eigenvalue weighted by Crippen LogP contribution is -2.44. The van der Waals surface area contributed by atoms with Crippen molar-refractivity contribution < 1.29 is 9.59 Å². The molecular formula is C16H24N2O2. The molecule has 1 atom stereocenters.